The summed E-state index contributed by atoms with van der Waals surface area (Å²) in [5, 5.41) is 2.55. The SMILES string of the molecule is CC(C)COCCC(CBr)(CBr)c1ccccc1Cl. The zero-order valence-electron chi connectivity index (χ0n) is 11.5. The summed E-state index contributed by atoms with van der Waals surface area (Å²) in [6.07, 6.45) is 0.944. The van der Waals surface area contributed by atoms with Crippen LogP contribution in [0.3, 0.4) is 0 Å². The third kappa shape index (κ3) is 5.04. The summed E-state index contributed by atoms with van der Waals surface area (Å²) in [4.78, 5) is 0. The van der Waals surface area contributed by atoms with Crippen LogP contribution in [0.25, 0.3) is 0 Å². The average molecular weight is 413 g/mol. The second-order valence-corrected chi connectivity index (χ2v) is 6.77. The number of rotatable bonds is 8. The van der Waals surface area contributed by atoms with Crippen LogP contribution in [0.5, 0.6) is 0 Å². The lowest BCUT2D eigenvalue weighted by molar-refractivity contribution is 0.0975. The summed E-state index contributed by atoms with van der Waals surface area (Å²) < 4.78 is 5.73. The molecular formula is C15H21Br2ClO. The van der Waals surface area contributed by atoms with E-state index in [-0.39, 0.29) is 5.41 Å². The lowest BCUT2D eigenvalue weighted by Gasteiger charge is -2.31. The Kier molecular flexibility index (Phi) is 7.97. The predicted molar refractivity (Wildman–Crippen MR) is 91.0 cm³/mol. The van der Waals surface area contributed by atoms with E-state index in [4.69, 9.17) is 16.3 Å². The molecule has 0 spiro atoms. The molecule has 0 aromatic heterocycles. The molecule has 1 aromatic rings. The van der Waals surface area contributed by atoms with E-state index in [1.807, 2.05) is 18.2 Å². The summed E-state index contributed by atoms with van der Waals surface area (Å²) in [6.45, 7) is 5.89. The fourth-order valence-electron chi connectivity index (χ4n) is 1.93. The van der Waals surface area contributed by atoms with Crippen LogP contribution in [0.15, 0.2) is 24.3 Å². The van der Waals surface area contributed by atoms with E-state index in [0.717, 1.165) is 35.3 Å². The Labute approximate surface area is 138 Å². The molecule has 19 heavy (non-hydrogen) atoms. The van der Waals surface area contributed by atoms with Crippen molar-refractivity contribution in [3.63, 3.8) is 0 Å². The van der Waals surface area contributed by atoms with Crippen molar-refractivity contribution in [3.8, 4) is 0 Å². The van der Waals surface area contributed by atoms with Gasteiger partial charge in [-0.25, -0.2) is 0 Å². The molecule has 0 saturated carbocycles. The highest BCUT2D eigenvalue weighted by molar-refractivity contribution is 9.09. The Morgan fingerprint density at radius 3 is 2.37 bits per heavy atom. The number of hydrogen-bond donors (Lipinski definition) is 0. The zero-order chi connectivity index (χ0) is 14.3. The fraction of sp³-hybridized carbons (Fsp3) is 0.600. The van der Waals surface area contributed by atoms with Gasteiger partial charge in [0.15, 0.2) is 0 Å². The van der Waals surface area contributed by atoms with E-state index < -0.39 is 0 Å². The van der Waals surface area contributed by atoms with Crippen molar-refractivity contribution in [3.05, 3.63) is 34.9 Å². The average Bonchev–Trinajstić information content (AvgIpc) is 2.40. The highest BCUT2D eigenvalue weighted by atomic mass is 79.9. The molecule has 4 heteroatoms. The van der Waals surface area contributed by atoms with E-state index in [9.17, 15) is 0 Å². The third-order valence-corrected chi connectivity index (χ3v) is 5.61. The molecule has 0 aliphatic rings. The van der Waals surface area contributed by atoms with Gasteiger partial charge in [-0.1, -0.05) is 75.5 Å². The maximum atomic E-state index is 6.35. The molecule has 0 N–H and O–H groups in total. The number of benzene rings is 1. The molecule has 0 saturated heterocycles. The number of alkyl halides is 2. The van der Waals surface area contributed by atoms with E-state index in [1.165, 1.54) is 5.56 Å². The van der Waals surface area contributed by atoms with Crippen LogP contribution in [0, 0.1) is 5.92 Å². The Balaban J connectivity index is 2.77. The van der Waals surface area contributed by atoms with E-state index >= 15 is 0 Å². The second kappa shape index (κ2) is 8.66. The monoisotopic (exact) mass is 410 g/mol. The molecular weight excluding hydrogens is 391 g/mol. The van der Waals surface area contributed by atoms with Gasteiger partial charge in [0.2, 0.25) is 0 Å². The molecule has 108 valence electrons. The van der Waals surface area contributed by atoms with Gasteiger partial charge in [0.05, 0.1) is 0 Å². The van der Waals surface area contributed by atoms with Gasteiger partial charge >= 0.3 is 0 Å². The van der Waals surface area contributed by atoms with Gasteiger partial charge in [0.25, 0.3) is 0 Å². The minimum absolute atomic E-state index is 0.0185. The van der Waals surface area contributed by atoms with Gasteiger partial charge in [-0.3, -0.25) is 0 Å². The van der Waals surface area contributed by atoms with Crippen molar-refractivity contribution in [2.45, 2.75) is 25.7 Å². The van der Waals surface area contributed by atoms with E-state index in [1.54, 1.807) is 0 Å². The first-order valence-electron chi connectivity index (χ1n) is 6.50. The lowest BCUT2D eigenvalue weighted by atomic mass is 9.81. The Hall–Kier alpha value is 0.430. The molecule has 0 unspecified atom stereocenters. The maximum absolute atomic E-state index is 6.35. The molecule has 0 heterocycles. The van der Waals surface area contributed by atoms with Gasteiger partial charge in [-0.05, 0) is 24.0 Å². The van der Waals surface area contributed by atoms with Crippen LogP contribution >= 0.6 is 43.5 Å². The van der Waals surface area contributed by atoms with Gasteiger partial charge in [0, 0.05) is 34.3 Å². The molecule has 0 aliphatic carbocycles. The molecule has 0 radical (unpaired) electrons. The van der Waals surface area contributed by atoms with E-state index in [0.29, 0.717) is 5.92 Å². The first-order chi connectivity index (χ1) is 9.05. The Morgan fingerprint density at radius 1 is 1.21 bits per heavy atom. The normalized spacial score (nSPS) is 12.1. The maximum Gasteiger partial charge on any atom is 0.0488 e. The lowest BCUT2D eigenvalue weighted by Crippen LogP contribution is -2.32. The Morgan fingerprint density at radius 2 is 1.84 bits per heavy atom. The van der Waals surface area contributed by atoms with Gasteiger partial charge in [-0.15, -0.1) is 0 Å². The summed E-state index contributed by atoms with van der Waals surface area (Å²) in [6, 6.07) is 8.06. The van der Waals surface area contributed by atoms with Crippen LogP contribution in [-0.2, 0) is 10.2 Å². The molecule has 0 aliphatic heterocycles. The largest absolute Gasteiger partial charge is 0.381 e. The van der Waals surface area contributed by atoms with Crippen molar-refractivity contribution in [2.75, 3.05) is 23.9 Å². The molecule has 0 fully saturated rings. The molecule has 0 amide bonds. The van der Waals surface area contributed by atoms with Gasteiger partial charge in [-0.2, -0.15) is 0 Å². The standard InChI is InChI=1S/C15H21Br2ClO/c1-12(2)9-19-8-7-15(10-16,11-17)13-5-3-4-6-14(13)18/h3-6,12H,7-11H2,1-2H3. The van der Waals surface area contributed by atoms with Crippen LogP contribution in [-0.4, -0.2) is 23.9 Å². The molecule has 1 nitrogen and oxygen atoms in total. The highest BCUT2D eigenvalue weighted by Crippen LogP contribution is 2.36. The molecule has 0 atom stereocenters. The van der Waals surface area contributed by atoms with Crippen LogP contribution in [0.1, 0.15) is 25.8 Å². The van der Waals surface area contributed by atoms with Gasteiger partial charge < -0.3 is 4.74 Å². The minimum Gasteiger partial charge on any atom is -0.381 e. The topological polar surface area (TPSA) is 9.23 Å². The van der Waals surface area contributed by atoms with Crippen molar-refractivity contribution < 1.29 is 4.74 Å². The minimum atomic E-state index is -0.0185. The fourth-order valence-corrected chi connectivity index (χ4v) is 4.36. The Bertz CT molecular complexity index is 378. The van der Waals surface area contributed by atoms with Crippen LogP contribution in [0.4, 0.5) is 0 Å². The summed E-state index contributed by atoms with van der Waals surface area (Å²) in [7, 11) is 0. The third-order valence-electron chi connectivity index (χ3n) is 3.13. The number of ether oxygens (including phenoxy) is 1. The summed E-state index contributed by atoms with van der Waals surface area (Å²) in [5.74, 6) is 0.572. The molecule has 1 rings (SSSR count). The van der Waals surface area contributed by atoms with E-state index in [2.05, 4.69) is 51.8 Å². The van der Waals surface area contributed by atoms with Crippen LogP contribution in [0.2, 0.25) is 5.02 Å². The van der Waals surface area contributed by atoms with Crippen molar-refractivity contribution >= 4 is 43.5 Å². The number of hydrogen-bond acceptors (Lipinski definition) is 1. The van der Waals surface area contributed by atoms with Crippen molar-refractivity contribution in [2.24, 2.45) is 5.92 Å². The zero-order valence-corrected chi connectivity index (χ0v) is 15.4. The first kappa shape index (κ1) is 17.5. The number of halogens is 3. The van der Waals surface area contributed by atoms with Gasteiger partial charge in [0.1, 0.15) is 0 Å². The van der Waals surface area contributed by atoms with Crippen molar-refractivity contribution in [1.82, 2.24) is 0 Å². The second-order valence-electron chi connectivity index (χ2n) is 5.25. The van der Waals surface area contributed by atoms with Crippen molar-refractivity contribution in [1.29, 1.82) is 0 Å². The summed E-state index contributed by atoms with van der Waals surface area (Å²) in [5.41, 5.74) is 1.16. The predicted octanol–water partition coefficient (Wildman–Crippen LogP) is 5.43. The molecule has 1 aromatic carbocycles. The summed E-state index contributed by atoms with van der Waals surface area (Å²) >= 11 is 13.6. The quantitative estimate of drug-likeness (QED) is 0.409. The first-order valence-corrected chi connectivity index (χ1v) is 9.12. The molecule has 0 bridgehead atoms. The smallest absolute Gasteiger partial charge is 0.0488 e. The van der Waals surface area contributed by atoms with Crippen LogP contribution < -0.4 is 0 Å². The highest BCUT2D eigenvalue weighted by Gasteiger charge is 2.31.